The number of amides is 2. The van der Waals surface area contributed by atoms with Crippen LogP contribution in [0, 0.1) is 12.3 Å². The molecule has 0 atom stereocenters. The number of hydrogen-bond acceptors (Lipinski definition) is 2. The molecule has 4 nitrogen and oxygen atoms in total. The first-order valence-corrected chi connectivity index (χ1v) is 6.70. The number of nitrogens with two attached hydrogens (primary N) is 1. The van der Waals surface area contributed by atoms with Crippen molar-refractivity contribution in [3.05, 3.63) is 29.8 Å². The number of benzene rings is 1. The second-order valence-electron chi connectivity index (χ2n) is 5.68. The Balaban J connectivity index is 2.66. The number of aryl methyl sites for hydroxylation is 1. The normalized spacial score (nSPS) is 11.2. The van der Waals surface area contributed by atoms with Gasteiger partial charge < -0.3 is 16.0 Å². The van der Waals surface area contributed by atoms with Crippen LogP contribution in [0.15, 0.2) is 24.3 Å². The highest BCUT2D eigenvalue weighted by atomic mass is 16.2. The van der Waals surface area contributed by atoms with E-state index in [1.165, 1.54) is 5.56 Å². The summed E-state index contributed by atoms with van der Waals surface area (Å²) < 4.78 is 0. The summed E-state index contributed by atoms with van der Waals surface area (Å²) in [6.45, 7) is 10.00. The first kappa shape index (κ1) is 15.5. The van der Waals surface area contributed by atoms with Crippen molar-refractivity contribution in [3.63, 3.8) is 0 Å². The third-order valence-corrected chi connectivity index (χ3v) is 3.14. The number of rotatable bonds is 5. The summed E-state index contributed by atoms with van der Waals surface area (Å²) in [6.07, 6.45) is 0. The maximum Gasteiger partial charge on any atom is 0.321 e. The highest BCUT2D eigenvalue weighted by Crippen LogP contribution is 2.16. The summed E-state index contributed by atoms with van der Waals surface area (Å²) in [4.78, 5) is 14.0. The first-order chi connectivity index (χ1) is 8.88. The number of hydrogen-bond donors (Lipinski definition) is 2. The Morgan fingerprint density at radius 3 is 2.37 bits per heavy atom. The van der Waals surface area contributed by atoms with Crippen molar-refractivity contribution >= 4 is 11.7 Å². The van der Waals surface area contributed by atoms with Gasteiger partial charge in [0.05, 0.1) is 0 Å². The molecule has 0 unspecified atom stereocenters. The summed E-state index contributed by atoms with van der Waals surface area (Å²) in [5.41, 5.74) is 7.65. The monoisotopic (exact) mass is 263 g/mol. The fraction of sp³-hybridized carbons (Fsp3) is 0.533. The van der Waals surface area contributed by atoms with Gasteiger partial charge in [-0.25, -0.2) is 4.79 Å². The van der Waals surface area contributed by atoms with Gasteiger partial charge in [-0.3, -0.25) is 0 Å². The molecule has 0 bridgehead atoms. The molecule has 4 heteroatoms. The average Bonchev–Trinajstić information content (AvgIpc) is 2.38. The van der Waals surface area contributed by atoms with E-state index in [0.29, 0.717) is 19.6 Å². The van der Waals surface area contributed by atoms with Crippen molar-refractivity contribution in [1.82, 2.24) is 4.90 Å². The lowest BCUT2D eigenvalue weighted by atomic mass is 9.93. The predicted octanol–water partition coefficient (Wildman–Crippen LogP) is 2.83. The van der Waals surface area contributed by atoms with Crippen molar-refractivity contribution in [2.45, 2.75) is 27.7 Å². The van der Waals surface area contributed by atoms with Crippen molar-refractivity contribution in [3.8, 4) is 0 Å². The minimum atomic E-state index is -0.0760. The van der Waals surface area contributed by atoms with Crippen molar-refractivity contribution in [2.75, 3.05) is 25.0 Å². The highest BCUT2D eigenvalue weighted by molar-refractivity contribution is 5.89. The van der Waals surface area contributed by atoms with E-state index in [1.54, 1.807) is 4.90 Å². The zero-order valence-electron chi connectivity index (χ0n) is 12.4. The zero-order valence-corrected chi connectivity index (χ0v) is 12.4. The van der Waals surface area contributed by atoms with Crippen LogP contribution in [0.25, 0.3) is 0 Å². The molecule has 0 aromatic heterocycles. The molecule has 2 amide bonds. The van der Waals surface area contributed by atoms with Crippen LogP contribution in [-0.2, 0) is 0 Å². The lowest BCUT2D eigenvalue weighted by molar-refractivity contribution is 0.185. The summed E-state index contributed by atoms with van der Waals surface area (Å²) >= 11 is 0. The number of nitrogens with one attached hydrogen (secondary N) is 1. The Hall–Kier alpha value is -1.55. The van der Waals surface area contributed by atoms with E-state index >= 15 is 0 Å². The van der Waals surface area contributed by atoms with Crippen LogP contribution in [0.2, 0.25) is 0 Å². The molecule has 0 aliphatic heterocycles. The molecule has 0 radical (unpaired) electrons. The molecule has 0 fully saturated rings. The van der Waals surface area contributed by atoms with E-state index in [2.05, 4.69) is 19.2 Å². The molecule has 1 aromatic carbocycles. The fourth-order valence-corrected chi connectivity index (χ4v) is 1.75. The van der Waals surface area contributed by atoms with Crippen molar-refractivity contribution in [1.29, 1.82) is 0 Å². The fourth-order valence-electron chi connectivity index (χ4n) is 1.75. The van der Waals surface area contributed by atoms with Crippen LogP contribution < -0.4 is 11.1 Å². The number of carbonyl (C=O) groups is 1. The van der Waals surface area contributed by atoms with Gasteiger partial charge in [-0.05, 0) is 37.9 Å². The van der Waals surface area contributed by atoms with Crippen LogP contribution in [0.4, 0.5) is 10.5 Å². The molecule has 0 heterocycles. The molecule has 1 rings (SSSR count). The first-order valence-electron chi connectivity index (χ1n) is 6.70. The predicted molar refractivity (Wildman–Crippen MR) is 80.3 cm³/mol. The molecular weight excluding hydrogens is 238 g/mol. The van der Waals surface area contributed by atoms with E-state index in [0.717, 1.165) is 5.69 Å². The van der Waals surface area contributed by atoms with E-state index in [-0.39, 0.29) is 11.4 Å². The minimum Gasteiger partial charge on any atom is -0.330 e. The van der Waals surface area contributed by atoms with Gasteiger partial charge in [0.1, 0.15) is 0 Å². The molecule has 0 spiro atoms. The van der Waals surface area contributed by atoms with E-state index in [1.807, 2.05) is 38.1 Å². The summed E-state index contributed by atoms with van der Waals surface area (Å²) in [5.74, 6) is 0. The third-order valence-electron chi connectivity index (χ3n) is 3.14. The van der Waals surface area contributed by atoms with E-state index < -0.39 is 0 Å². The van der Waals surface area contributed by atoms with Gasteiger partial charge in [0, 0.05) is 18.8 Å². The standard InChI is InChI=1S/C15H25N3O/c1-5-18(11-15(3,4)10-16)14(19)17-13-8-6-12(2)7-9-13/h6-9H,5,10-11,16H2,1-4H3,(H,17,19). The lowest BCUT2D eigenvalue weighted by Gasteiger charge is -2.31. The maximum atomic E-state index is 12.2. The Morgan fingerprint density at radius 2 is 1.89 bits per heavy atom. The molecule has 0 saturated carbocycles. The van der Waals surface area contributed by atoms with Gasteiger partial charge in [-0.15, -0.1) is 0 Å². The molecule has 0 aliphatic carbocycles. The number of nitrogens with zero attached hydrogens (tertiary/aromatic N) is 1. The molecule has 0 aliphatic rings. The van der Waals surface area contributed by atoms with E-state index in [4.69, 9.17) is 5.73 Å². The quantitative estimate of drug-likeness (QED) is 0.858. The van der Waals surface area contributed by atoms with Gasteiger partial charge in [0.25, 0.3) is 0 Å². The second kappa shape index (κ2) is 6.57. The average molecular weight is 263 g/mol. The molecule has 3 N–H and O–H groups in total. The molecule has 19 heavy (non-hydrogen) atoms. The van der Waals surface area contributed by atoms with Gasteiger partial charge >= 0.3 is 6.03 Å². The lowest BCUT2D eigenvalue weighted by Crippen LogP contribution is -2.43. The van der Waals surface area contributed by atoms with Crippen LogP contribution in [0.5, 0.6) is 0 Å². The molecular formula is C15H25N3O. The Labute approximate surface area is 116 Å². The molecule has 106 valence electrons. The van der Waals surface area contributed by atoms with Crippen LogP contribution in [0.1, 0.15) is 26.3 Å². The SMILES string of the molecule is CCN(CC(C)(C)CN)C(=O)Nc1ccc(C)cc1. The Bertz CT molecular complexity index is 412. The van der Waals surface area contributed by atoms with E-state index in [9.17, 15) is 4.79 Å². The summed E-state index contributed by atoms with van der Waals surface area (Å²) in [7, 11) is 0. The van der Waals surface area contributed by atoms with Gasteiger partial charge in [0.2, 0.25) is 0 Å². The topological polar surface area (TPSA) is 58.4 Å². The molecule has 0 saturated heterocycles. The number of urea groups is 1. The van der Waals surface area contributed by atoms with Crippen molar-refractivity contribution < 1.29 is 4.79 Å². The second-order valence-corrected chi connectivity index (χ2v) is 5.68. The zero-order chi connectivity index (χ0) is 14.5. The summed E-state index contributed by atoms with van der Waals surface area (Å²) in [5, 5.41) is 2.91. The van der Waals surface area contributed by atoms with Gasteiger partial charge in [0.15, 0.2) is 0 Å². The van der Waals surface area contributed by atoms with Gasteiger partial charge in [-0.2, -0.15) is 0 Å². The minimum absolute atomic E-state index is 0.0688. The van der Waals surface area contributed by atoms with Crippen molar-refractivity contribution in [2.24, 2.45) is 11.1 Å². The Morgan fingerprint density at radius 1 is 1.32 bits per heavy atom. The van der Waals surface area contributed by atoms with Crippen LogP contribution in [0.3, 0.4) is 0 Å². The molecule has 1 aromatic rings. The van der Waals surface area contributed by atoms with Crippen LogP contribution in [-0.4, -0.2) is 30.6 Å². The van der Waals surface area contributed by atoms with Crippen LogP contribution >= 0.6 is 0 Å². The highest BCUT2D eigenvalue weighted by Gasteiger charge is 2.22. The number of carbonyl (C=O) groups excluding carboxylic acids is 1. The van der Waals surface area contributed by atoms with Gasteiger partial charge in [-0.1, -0.05) is 31.5 Å². The smallest absolute Gasteiger partial charge is 0.321 e. The summed E-state index contributed by atoms with van der Waals surface area (Å²) in [6, 6.07) is 7.71. The third kappa shape index (κ3) is 4.91. The Kier molecular flexibility index (Phi) is 5.36. The number of anilines is 1. The largest absolute Gasteiger partial charge is 0.330 e. The maximum absolute atomic E-state index is 12.2.